The molecule has 0 aliphatic carbocycles. The first kappa shape index (κ1) is 16.2. The number of aliphatic hydroxyl groups excluding tert-OH is 1. The van der Waals surface area contributed by atoms with E-state index >= 15 is 0 Å². The second-order valence-corrected chi connectivity index (χ2v) is 4.11. The maximum Gasteiger partial charge on any atom is 0.315 e. The highest BCUT2D eigenvalue weighted by Gasteiger charge is 2.08. The predicted octanol–water partition coefficient (Wildman–Crippen LogP) is 1.41. The topological polar surface area (TPSA) is 70.6 Å². The molecule has 0 saturated heterocycles. The average molecular weight is 288 g/mol. The lowest BCUT2D eigenvalue weighted by atomic mass is 10.2. The van der Waals surface area contributed by atoms with Gasteiger partial charge in [0.05, 0.1) is 19.2 Å². The van der Waals surface area contributed by atoms with Gasteiger partial charge in [0.25, 0.3) is 0 Å². The highest BCUT2D eigenvalue weighted by molar-refractivity contribution is 5.74. The van der Waals surface area contributed by atoms with Crippen LogP contribution in [0.25, 0.3) is 0 Å². The first-order chi connectivity index (χ1) is 9.56. The quantitative estimate of drug-likeness (QED) is 0.664. The number of rotatable bonds is 7. The van der Waals surface area contributed by atoms with Gasteiger partial charge in [0.1, 0.15) is 12.4 Å². The Morgan fingerprint density at radius 3 is 2.75 bits per heavy atom. The Morgan fingerprint density at radius 1 is 1.40 bits per heavy atom. The van der Waals surface area contributed by atoms with Crippen LogP contribution in [0.3, 0.4) is 0 Å². The highest BCUT2D eigenvalue weighted by Crippen LogP contribution is 2.14. The maximum atomic E-state index is 12.9. The van der Waals surface area contributed by atoms with Crippen molar-refractivity contribution in [2.75, 3.05) is 19.8 Å². The van der Waals surface area contributed by atoms with Crippen LogP contribution in [0.15, 0.2) is 18.2 Å². The number of nitrogens with one attached hydrogen (secondary N) is 2. The number of carbonyl (C=O) groups excluding carboxylic acids is 1. The van der Waals surface area contributed by atoms with Gasteiger partial charge in [-0.25, -0.2) is 13.6 Å². The standard InChI is InChI=1S/C13H18F2N2O3/c1-2-9(8-18)17-13(19)16-5-6-20-10-3-4-11(14)12(15)7-10/h3-4,7,9,18H,2,5-6,8H2,1H3,(H2,16,17,19). The van der Waals surface area contributed by atoms with Gasteiger partial charge in [0.2, 0.25) is 0 Å². The van der Waals surface area contributed by atoms with Gasteiger partial charge in [0, 0.05) is 6.07 Å². The molecule has 0 fully saturated rings. The van der Waals surface area contributed by atoms with Crippen molar-refractivity contribution in [3.63, 3.8) is 0 Å². The molecule has 3 N–H and O–H groups in total. The molecule has 112 valence electrons. The van der Waals surface area contributed by atoms with Gasteiger partial charge < -0.3 is 20.5 Å². The van der Waals surface area contributed by atoms with Crippen LogP contribution >= 0.6 is 0 Å². The fraction of sp³-hybridized carbons (Fsp3) is 0.462. The first-order valence-electron chi connectivity index (χ1n) is 6.29. The van der Waals surface area contributed by atoms with Gasteiger partial charge in [-0.2, -0.15) is 0 Å². The summed E-state index contributed by atoms with van der Waals surface area (Å²) in [5.41, 5.74) is 0. The molecule has 0 aliphatic heterocycles. The van der Waals surface area contributed by atoms with E-state index in [-0.39, 0.29) is 31.5 Å². The lowest BCUT2D eigenvalue weighted by molar-refractivity contribution is 0.212. The molecule has 0 aromatic heterocycles. The van der Waals surface area contributed by atoms with Gasteiger partial charge in [-0.1, -0.05) is 6.92 Å². The van der Waals surface area contributed by atoms with E-state index in [0.29, 0.717) is 6.42 Å². The third kappa shape index (κ3) is 5.40. The molecule has 0 saturated carbocycles. The molecule has 20 heavy (non-hydrogen) atoms. The van der Waals surface area contributed by atoms with Crippen LogP contribution in [0, 0.1) is 11.6 Å². The molecule has 7 heteroatoms. The zero-order valence-electron chi connectivity index (χ0n) is 11.2. The van der Waals surface area contributed by atoms with Crippen LogP contribution in [0.4, 0.5) is 13.6 Å². The lowest BCUT2D eigenvalue weighted by Crippen LogP contribution is -2.44. The normalized spacial score (nSPS) is 11.8. The Bertz CT molecular complexity index is 440. The summed E-state index contributed by atoms with van der Waals surface area (Å²) in [6.45, 7) is 2.03. The van der Waals surface area contributed by atoms with E-state index in [1.165, 1.54) is 6.07 Å². The minimum absolute atomic E-state index is 0.119. The summed E-state index contributed by atoms with van der Waals surface area (Å²) in [5, 5.41) is 14.0. The Labute approximate surface area is 115 Å². The van der Waals surface area contributed by atoms with E-state index in [9.17, 15) is 13.6 Å². The van der Waals surface area contributed by atoms with E-state index < -0.39 is 17.7 Å². The third-order valence-corrected chi connectivity index (χ3v) is 2.60. The second-order valence-electron chi connectivity index (χ2n) is 4.11. The molecule has 5 nitrogen and oxygen atoms in total. The predicted molar refractivity (Wildman–Crippen MR) is 69.6 cm³/mol. The summed E-state index contributed by atoms with van der Waals surface area (Å²) in [5.74, 6) is -1.74. The third-order valence-electron chi connectivity index (χ3n) is 2.60. The lowest BCUT2D eigenvalue weighted by Gasteiger charge is -2.14. The Hall–Kier alpha value is -1.89. The smallest absolute Gasteiger partial charge is 0.315 e. The van der Waals surface area contributed by atoms with Crippen LogP contribution in [0.1, 0.15) is 13.3 Å². The number of halogens is 2. The maximum absolute atomic E-state index is 12.9. The molecule has 0 bridgehead atoms. The van der Waals surface area contributed by atoms with Crippen LogP contribution < -0.4 is 15.4 Å². The fourth-order valence-corrected chi connectivity index (χ4v) is 1.41. The summed E-state index contributed by atoms with van der Waals surface area (Å²) in [4.78, 5) is 11.4. The van der Waals surface area contributed by atoms with Crippen LogP contribution in [-0.4, -0.2) is 36.9 Å². The van der Waals surface area contributed by atoms with Crippen molar-refractivity contribution in [3.8, 4) is 5.75 Å². The molecule has 2 amide bonds. The number of carbonyl (C=O) groups is 1. The average Bonchev–Trinajstić information content (AvgIpc) is 2.44. The van der Waals surface area contributed by atoms with Crippen molar-refractivity contribution in [2.24, 2.45) is 0 Å². The number of hydrogen-bond donors (Lipinski definition) is 3. The molecule has 1 aromatic rings. The fourth-order valence-electron chi connectivity index (χ4n) is 1.41. The van der Waals surface area contributed by atoms with Gasteiger partial charge in [-0.05, 0) is 18.6 Å². The second kappa shape index (κ2) is 8.31. The van der Waals surface area contributed by atoms with Crippen molar-refractivity contribution in [1.82, 2.24) is 10.6 Å². The zero-order chi connectivity index (χ0) is 15.0. The minimum atomic E-state index is -0.984. The molecule has 0 heterocycles. The van der Waals surface area contributed by atoms with E-state index in [1.54, 1.807) is 0 Å². The van der Waals surface area contributed by atoms with Crippen molar-refractivity contribution < 1.29 is 23.4 Å². The van der Waals surface area contributed by atoms with Crippen molar-refractivity contribution in [3.05, 3.63) is 29.8 Å². The highest BCUT2D eigenvalue weighted by atomic mass is 19.2. The molecule has 0 aliphatic rings. The Kier molecular flexibility index (Phi) is 6.72. The monoisotopic (exact) mass is 288 g/mol. The molecule has 0 spiro atoms. The zero-order valence-corrected chi connectivity index (χ0v) is 11.2. The number of urea groups is 1. The van der Waals surface area contributed by atoms with E-state index in [2.05, 4.69) is 10.6 Å². The van der Waals surface area contributed by atoms with E-state index in [1.807, 2.05) is 6.92 Å². The molecule has 1 rings (SSSR count). The van der Waals surface area contributed by atoms with Crippen molar-refractivity contribution in [1.29, 1.82) is 0 Å². The summed E-state index contributed by atoms with van der Waals surface area (Å²) >= 11 is 0. The van der Waals surface area contributed by atoms with E-state index in [0.717, 1.165) is 12.1 Å². The number of benzene rings is 1. The SMILES string of the molecule is CCC(CO)NC(=O)NCCOc1ccc(F)c(F)c1. The number of ether oxygens (including phenoxy) is 1. The molecule has 0 radical (unpaired) electrons. The summed E-state index contributed by atoms with van der Waals surface area (Å²) in [6.07, 6.45) is 0.620. The Morgan fingerprint density at radius 2 is 2.15 bits per heavy atom. The molecule has 1 aromatic carbocycles. The number of amides is 2. The molecular weight excluding hydrogens is 270 g/mol. The summed E-state index contributed by atoms with van der Waals surface area (Å²) in [6, 6.07) is 2.51. The van der Waals surface area contributed by atoms with Crippen molar-refractivity contribution >= 4 is 6.03 Å². The van der Waals surface area contributed by atoms with Crippen LogP contribution in [-0.2, 0) is 0 Å². The number of hydrogen-bond acceptors (Lipinski definition) is 3. The summed E-state index contributed by atoms with van der Waals surface area (Å²) in [7, 11) is 0. The molecule has 1 unspecified atom stereocenters. The Balaban J connectivity index is 2.24. The van der Waals surface area contributed by atoms with Gasteiger partial charge >= 0.3 is 6.03 Å². The van der Waals surface area contributed by atoms with Crippen LogP contribution in [0.5, 0.6) is 5.75 Å². The minimum Gasteiger partial charge on any atom is -0.492 e. The first-order valence-corrected chi connectivity index (χ1v) is 6.29. The van der Waals surface area contributed by atoms with Gasteiger partial charge in [-0.15, -0.1) is 0 Å². The van der Waals surface area contributed by atoms with Crippen LogP contribution in [0.2, 0.25) is 0 Å². The van der Waals surface area contributed by atoms with E-state index in [4.69, 9.17) is 9.84 Å². The van der Waals surface area contributed by atoms with Gasteiger partial charge in [-0.3, -0.25) is 0 Å². The van der Waals surface area contributed by atoms with Crippen molar-refractivity contribution in [2.45, 2.75) is 19.4 Å². The largest absolute Gasteiger partial charge is 0.492 e. The van der Waals surface area contributed by atoms with Gasteiger partial charge in [0.15, 0.2) is 11.6 Å². The summed E-state index contributed by atoms with van der Waals surface area (Å²) < 4.78 is 30.7. The number of aliphatic hydroxyl groups is 1. The molecule has 1 atom stereocenters. The molecular formula is C13H18F2N2O3.